The van der Waals surface area contributed by atoms with Crippen LogP contribution in [-0.2, 0) is 14.3 Å². The van der Waals surface area contributed by atoms with Crippen LogP contribution in [0.3, 0.4) is 0 Å². The topological polar surface area (TPSA) is 124 Å². The van der Waals surface area contributed by atoms with Crippen LogP contribution < -0.4 is 18.9 Å². The lowest BCUT2D eigenvalue weighted by molar-refractivity contribution is -0.138. The van der Waals surface area contributed by atoms with Crippen LogP contribution in [0.25, 0.3) is 0 Å². The minimum Gasteiger partial charge on any atom is -0.494 e. The van der Waals surface area contributed by atoms with Crippen molar-refractivity contribution in [2.24, 2.45) is 0 Å². The second-order valence-electron chi connectivity index (χ2n) is 9.75. The Labute approximate surface area is 262 Å². The second-order valence-corrected chi connectivity index (χ2v) is 9.75. The number of esters is 4. The van der Waals surface area contributed by atoms with Gasteiger partial charge in [0.15, 0.2) is 0 Å². The SMILES string of the molecule is C=CC(=O)OCCCOC(=O)c1cc(OC(=O)c2ccc(OCCCC)cc2)ccc1OC(=O)c1ccc(OCCCC)cc1. The fourth-order valence-electron chi connectivity index (χ4n) is 3.72. The van der Waals surface area contributed by atoms with Crippen molar-refractivity contribution in [2.75, 3.05) is 26.4 Å². The Morgan fingerprint density at radius 2 is 1.11 bits per heavy atom. The lowest BCUT2D eigenvalue weighted by atomic mass is 10.1. The molecule has 0 aromatic heterocycles. The van der Waals surface area contributed by atoms with E-state index in [1.165, 1.54) is 18.2 Å². The lowest BCUT2D eigenvalue weighted by Crippen LogP contribution is -2.15. The van der Waals surface area contributed by atoms with E-state index in [9.17, 15) is 19.2 Å². The molecule has 0 heterocycles. The Morgan fingerprint density at radius 3 is 1.64 bits per heavy atom. The smallest absolute Gasteiger partial charge is 0.343 e. The van der Waals surface area contributed by atoms with E-state index in [4.69, 9.17) is 28.4 Å². The first kappa shape index (κ1) is 34.4. The van der Waals surface area contributed by atoms with Gasteiger partial charge in [0, 0.05) is 12.5 Å². The van der Waals surface area contributed by atoms with Gasteiger partial charge in [0.2, 0.25) is 0 Å². The maximum absolute atomic E-state index is 13.1. The highest BCUT2D eigenvalue weighted by Crippen LogP contribution is 2.27. The van der Waals surface area contributed by atoms with Gasteiger partial charge in [-0.1, -0.05) is 33.3 Å². The fraction of sp³-hybridized carbons (Fsp3) is 0.314. The summed E-state index contributed by atoms with van der Waals surface area (Å²) in [4.78, 5) is 50.0. The van der Waals surface area contributed by atoms with Gasteiger partial charge in [-0.15, -0.1) is 0 Å². The first-order valence-corrected chi connectivity index (χ1v) is 14.8. The Morgan fingerprint density at radius 1 is 0.600 bits per heavy atom. The van der Waals surface area contributed by atoms with Gasteiger partial charge in [-0.3, -0.25) is 0 Å². The molecular weight excluding hydrogens is 580 g/mol. The van der Waals surface area contributed by atoms with Crippen LogP contribution in [0, 0.1) is 0 Å². The maximum atomic E-state index is 13.1. The van der Waals surface area contributed by atoms with Crippen LogP contribution in [0.15, 0.2) is 79.4 Å². The summed E-state index contributed by atoms with van der Waals surface area (Å²) in [6.07, 6.45) is 5.09. The number of hydrogen-bond acceptors (Lipinski definition) is 10. The number of unbranched alkanes of at least 4 members (excludes halogenated alkanes) is 2. The number of carbonyl (C=O) groups is 4. The highest BCUT2D eigenvalue weighted by atomic mass is 16.6. The predicted octanol–water partition coefficient (Wildman–Crippen LogP) is 6.76. The molecule has 0 unspecified atom stereocenters. The molecule has 3 rings (SSSR count). The van der Waals surface area contributed by atoms with Crippen molar-refractivity contribution in [3.05, 3.63) is 96.1 Å². The Kier molecular flexibility index (Phi) is 14.1. The van der Waals surface area contributed by atoms with Crippen molar-refractivity contribution >= 4 is 23.9 Å². The fourth-order valence-corrected chi connectivity index (χ4v) is 3.72. The summed E-state index contributed by atoms with van der Waals surface area (Å²) in [7, 11) is 0. The van der Waals surface area contributed by atoms with E-state index >= 15 is 0 Å². The summed E-state index contributed by atoms with van der Waals surface area (Å²) in [6.45, 7) is 8.52. The number of benzene rings is 3. The van der Waals surface area contributed by atoms with Gasteiger partial charge in [0.25, 0.3) is 0 Å². The standard InChI is InChI=1S/C35H38O10/c1-4-7-20-40-27-14-10-25(11-15-27)33(37)44-29-18-19-31(30(24-29)35(39)43-23-9-22-42-32(36)6-3)45-34(38)26-12-16-28(17-13-26)41-21-8-5-2/h6,10-19,24H,3-5,7-9,20-23H2,1-2H3. The maximum Gasteiger partial charge on any atom is 0.343 e. The average Bonchev–Trinajstić information content (AvgIpc) is 3.05. The number of ether oxygens (including phenoxy) is 6. The minimum absolute atomic E-state index is 0.0121. The Balaban J connectivity index is 1.73. The molecule has 0 saturated carbocycles. The molecule has 0 aliphatic heterocycles. The van der Waals surface area contributed by atoms with Crippen LogP contribution in [0.2, 0.25) is 0 Å². The van der Waals surface area contributed by atoms with Gasteiger partial charge in [-0.25, -0.2) is 19.2 Å². The summed E-state index contributed by atoms with van der Waals surface area (Å²) in [5, 5.41) is 0. The largest absolute Gasteiger partial charge is 0.494 e. The third-order valence-corrected chi connectivity index (χ3v) is 6.23. The van der Waals surface area contributed by atoms with E-state index in [0.29, 0.717) is 24.7 Å². The summed E-state index contributed by atoms with van der Waals surface area (Å²) in [5.41, 5.74) is 0.364. The van der Waals surface area contributed by atoms with E-state index in [-0.39, 0.29) is 47.8 Å². The lowest BCUT2D eigenvalue weighted by Gasteiger charge is -2.13. The molecule has 0 aliphatic rings. The first-order valence-electron chi connectivity index (χ1n) is 14.8. The zero-order valence-corrected chi connectivity index (χ0v) is 25.6. The molecule has 0 fully saturated rings. The van der Waals surface area contributed by atoms with Crippen molar-refractivity contribution in [2.45, 2.75) is 46.0 Å². The summed E-state index contributed by atoms with van der Waals surface area (Å²) in [6, 6.07) is 16.9. The molecule has 238 valence electrons. The van der Waals surface area contributed by atoms with E-state index in [1.807, 2.05) is 0 Å². The van der Waals surface area contributed by atoms with Gasteiger partial charge in [0.05, 0.1) is 37.6 Å². The van der Waals surface area contributed by atoms with Gasteiger partial charge in [-0.2, -0.15) is 0 Å². The van der Waals surface area contributed by atoms with Crippen molar-refractivity contribution in [1.29, 1.82) is 0 Å². The van der Waals surface area contributed by atoms with Crippen LogP contribution in [0.4, 0.5) is 0 Å². The predicted molar refractivity (Wildman–Crippen MR) is 166 cm³/mol. The molecule has 45 heavy (non-hydrogen) atoms. The Hall–Kier alpha value is -5.12. The summed E-state index contributed by atoms with van der Waals surface area (Å²) >= 11 is 0. The van der Waals surface area contributed by atoms with E-state index in [0.717, 1.165) is 31.8 Å². The molecule has 0 spiro atoms. The van der Waals surface area contributed by atoms with Crippen molar-refractivity contribution in [3.63, 3.8) is 0 Å². The van der Waals surface area contributed by atoms with Crippen LogP contribution in [0.5, 0.6) is 23.0 Å². The van der Waals surface area contributed by atoms with Crippen LogP contribution in [0.1, 0.15) is 77.0 Å². The molecule has 10 nitrogen and oxygen atoms in total. The molecule has 3 aromatic rings. The minimum atomic E-state index is -0.834. The van der Waals surface area contributed by atoms with Crippen molar-refractivity contribution < 1.29 is 47.6 Å². The molecule has 0 bridgehead atoms. The summed E-state index contributed by atoms with van der Waals surface area (Å²) in [5.74, 6) is -1.62. The first-order chi connectivity index (χ1) is 21.8. The quantitative estimate of drug-likeness (QED) is 0.0654. The molecule has 3 aromatic carbocycles. The van der Waals surface area contributed by atoms with E-state index in [1.54, 1.807) is 48.5 Å². The van der Waals surface area contributed by atoms with Gasteiger partial charge < -0.3 is 28.4 Å². The van der Waals surface area contributed by atoms with E-state index < -0.39 is 23.9 Å². The molecular formula is C35H38O10. The van der Waals surface area contributed by atoms with Gasteiger partial charge >= 0.3 is 23.9 Å². The molecule has 0 amide bonds. The molecule has 0 aliphatic carbocycles. The molecule has 0 N–H and O–H groups in total. The second kappa shape index (κ2) is 18.5. The molecule has 10 heteroatoms. The molecule has 0 atom stereocenters. The Bertz CT molecular complexity index is 1430. The normalized spacial score (nSPS) is 10.4. The number of rotatable bonds is 18. The monoisotopic (exact) mass is 618 g/mol. The van der Waals surface area contributed by atoms with Gasteiger partial charge in [0.1, 0.15) is 28.6 Å². The summed E-state index contributed by atoms with van der Waals surface area (Å²) < 4.78 is 32.5. The average molecular weight is 619 g/mol. The third kappa shape index (κ3) is 11.5. The van der Waals surface area contributed by atoms with Crippen LogP contribution >= 0.6 is 0 Å². The van der Waals surface area contributed by atoms with E-state index in [2.05, 4.69) is 20.4 Å². The number of hydrogen-bond donors (Lipinski definition) is 0. The zero-order valence-electron chi connectivity index (χ0n) is 25.6. The zero-order chi connectivity index (χ0) is 32.4. The van der Waals surface area contributed by atoms with Crippen molar-refractivity contribution in [1.82, 2.24) is 0 Å². The molecule has 0 radical (unpaired) electrons. The number of carbonyl (C=O) groups excluding carboxylic acids is 4. The highest BCUT2D eigenvalue weighted by Gasteiger charge is 2.21. The van der Waals surface area contributed by atoms with Gasteiger partial charge in [-0.05, 0) is 79.6 Å². The molecule has 0 saturated heterocycles. The highest BCUT2D eigenvalue weighted by molar-refractivity contribution is 5.97. The van der Waals surface area contributed by atoms with Crippen molar-refractivity contribution in [3.8, 4) is 23.0 Å². The third-order valence-electron chi connectivity index (χ3n) is 6.23. The van der Waals surface area contributed by atoms with Crippen LogP contribution in [-0.4, -0.2) is 50.3 Å².